The number of hydrogen-bond donors (Lipinski definition) is 1. The monoisotopic (exact) mass is 100 g/mol. The van der Waals surface area contributed by atoms with Crippen molar-refractivity contribution in [3.8, 4) is 0 Å². The number of rotatable bonds is 2. The van der Waals surface area contributed by atoms with Crippen LogP contribution in [0.2, 0.25) is 0 Å². The molecular weight excluding hydrogens is 86.1 g/mol. The summed E-state index contributed by atoms with van der Waals surface area (Å²) in [6.45, 7) is 7.13. The van der Waals surface area contributed by atoms with Crippen LogP contribution in [0.25, 0.3) is 0 Å². The molecule has 0 rings (SSSR count). The van der Waals surface area contributed by atoms with Gasteiger partial charge >= 0.3 is 0 Å². The highest BCUT2D eigenvalue weighted by Crippen LogP contribution is 2.08. The van der Waals surface area contributed by atoms with Gasteiger partial charge in [-0.1, -0.05) is 20.8 Å². The standard InChI is InChI=1S/C6H14N/c1-5(2)6(3)4-7/h5H,4,7H2,1-3H3. The van der Waals surface area contributed by atoms with Crippen LogP contribution in [0.4, 0.5) is 0 Å². The topological polar surface area (TPSA) is 26.0 Å². The Hall–Kier alpha value is -0.0400. The van der Waals surface area contributed by atoms with Gasteiger partial charge in [0.25, 0.3) is 0 Å². The summed E-state index contributed by atoms with van der Waals surface area (Å²) in [4.78, 5) is 0. The smallest absolute Gasteiger partial charge is 0.00149 e. The second-order valence-electron chi connectivity index (χ2n) is 2.21. The van der Waals surface area contributed by atoms with Crippen LogP contribution >= 0.6 is 0 Å². The summed E-state index contributed by atoms with van der Waals surface area (Å²) in [7, 11) is 0. The van der Waals surface area contributed by atoms with Gasteiger partial charge in [0.1, 0.15) is 0 Å². The quantitative estimate of drug-likeness (QED) is 0.554. The molecule has 0 saturated heterocycles. The van der Waals surface area contributed by atoms with E-state index in [4.69, 9.17) is 5.73 Å². The van der Waals surface area contributed by atoms with E-state index >= 15 is 0 Å². The lowest BCUT2D eigenvalue weighted by Gasteiger charge is -2.09. The van der Waals surface area contributed by atoms with Gasteiger partial charge < -0.3 is 5.73 Å². The van der Waals surface area contributed by atoms with Crippen molar-refractivity contribution in [2.75, 3.05) is 6.54 Å². The fourth-order valence-corrected chi connectivity index (χ4v) is 0.236. The molecule has 0 aliphatic heterocycles. The third-order valence-electron chi connectivity index (χ3n) is 1.31. The average molecular weight is 100 g/mol. The lowest BCUT2D eigenvalue weighted by atomic mass is 9.99. The zero-order valence-corrected chi connectivity index (χ0v) is 5.36. The van der Waals surface area contributed by atoms with Gasteiger partial charge in [-0.3, -0.25) is 0 Å². The highest BCUT2D eigenvalue weighted by molar-refractivity contribution is 4.87. The summed E-state index contributed by atoms with van der Waals surface area (Å²) in [5, 5.41) is 0. The Bertz CT molecular complexity index is 41.4. The molecular formula is C6H14N. The average Bonchev–Trinajstić information content (AvgIpc) is 1.65. The lowest BCUT2D eigenvalue weighted by molar-refractivity contribution is 0.643. The molecule has 0 aliphatic rings. The van der Waals surface area contributed by atoms with Gasteiger partial charge in [0.2, 0.25) is 0 Å². The Morgan fingerprint density at radius 1 is 1.57 bits per heavy atom. The first kappa shape index (κ1) is 6.96. The van der Waals surface area contributed by atoms with Crippen LogP contribution in [0.1, 0.15) is 20.8 Å². The summed E-state index contributed by atoms with van der Waals surface area (Å²) >= 11 is 0. The first-order chi connectivity index (χ1) is 3.18. The molecule has 2 N–H and O–H groups in total. The minimum absolute atomic E-state index is 0.657. The predicted octanol–water partition coefficient (Wildman–Crippen LogP) is 1.20. The van der Waals surface area contributed by atoms with Crippen molar-refractivity contribution < 1.29 is 0 Å². The maximum absolute atomic E-state index is 5.34. The molecule has 0 aromatic heterocycles. The van der Waals surface area contributed by atoms with E-state index in [1.54, 1.807) is 0 Å². The molecule has 0 fully saturated rings. The molecule has 43 valence electrons. The molecule has 0 amide bonds. The molecule has 1 radical (unpaired) electrons. The van der Waals surface area contributed by atoms with E-state index in [0.29, 0.717) is 5.92 Å². The Labute approximate surface area is 45.9 Å². The predicted molar refractivity (Wildman–Crippen MR) is 32.8 cm³/mol. The van der Waals surface area contributed by atoms with Crippen molar-refractivity contribution in [2.24, 2.45) is 11.7 Å². The zero-order chi connectivity index (χ0) is 5.86. The molecule has 0 heterocycles. The van der Waals surface area contributed by atoms with Crippen LogP contribution in [0.15, 0.2) is 0 Å². The van der Waals surface area contributed by atoms with E-state index in [1.807, 2.05) is 0 Å². The largest absolute Gasteiger partial charge is 0.330 e. The summed E-state index contributed by atoms with van der Waals surface area (Å²) in [6, 6.07) is 0. The molecule has 1 heteroatoms. The molecule has 0 bridgehead atoms. The molecule has 0 atom stereocenters. The number of hydrogen-bond acceptors (Lipinski definition) is 1. The lowest BCUT2D eigenvalue weighted by Crippen LogP contribution is -2.13. The third kappa shape index (κ3) is 2.63. The van der Waals surface area contributed by atoms with E-state index in [2.05, 4.69) is 20.8 Å². The van der Waals surface area contributed by atoms with Gasteiger partial charge in [0.05, 0.1) is 0 Å². The van der Waals surface area contributed by atoms with E-state index in [9.17, 15) is 0 Å². The van der Waals surface area contributed by atoms with Gasteiger partial charge in [-0.05, 0) is 18.4 Å². The van der Waals surface area contributed by atoms with Crippen molar-refractivity contribution in [1.82, 2.24) is 0 Å². The van der Waals surface area contributed by atoms with Gasteiger partial charge in [-0.25, -0.2) is 0 Å². The van der Waals surface area contributed by atoms with Crippen LogP contribution in [0, 0.1) is 11.8 Å². The minimum atomic E-state index is 0.657. The molecule has 0 aliphatic carbocycles. The van der Waals surface area contributed by atoms with E-state index in [1.165, 1.54) is 5.92 Å². The summed E-state index contributed by atoms with van der Waals surface area (Å²) in [6.07, 6.45) is 0. The van der Waals surface area contributed by atoms with Gasteiger partial charge in [-0.15, -0.1) is 0 Å². The van der Waals surface area contributed by atoms with E-state index < -0.39 is 0 Å². The SMILES string of the molecule is C[C](CN)C(C)C. The molecule has 0 saturated carbocycles. The zero-order valence-electron chi connectivity index (χ0n) is 5.36. The first-order valence-electron chi connectivity index (χ1n) is 2.71. The number of nitrogens with two attached hydrogens (primary N) is 1. The second kappa shape index (κ2) is 3.03. The van der Waals surface area contributed by atoms with Crippen LogP contribution in [0.5, 0.6) is 0 Å². The van der Waals surface area contributed by atoms with Gasteiger partial charge in [-0.2, -0.15) is 0 Å². The Balaban J connectivity index is 3.14. The maximum atomic E-state index is 5.34. The van der Waals surface area contributed by atoms with Crippen molar-refractivity contribution in [1.29, 1.82) is 0 Å². The Morgan fingerprint density at radius 2 is 2.00 bits per heavy atom. The van der Waals surface area contributed by atoms with Crippen LogP contribution in [0.3, 0.4) is 0 Å². The second-order valence-corrected chi connectivity index (χ2v) is 2.21. The fourth-order valence-electron chi connectivity index (χ4n) is 0.236. The van der Waals surface area contributed by atoms with Crippen LogP contribution < -0.4 is 5.73 Å². The summed E-state index contributed by atoms with van der Waals surface area (Å²) < 4.78 is 0. The van der Waals surface area contributed by atoms with Crippen molar-refractivity contribution in [2.45, 2.75) is 20.8 Å². The molecule has 1 nitrogen and oxygen atoms in total. The molecule has 0 aromatic rings. The molecule has 7 heavy (non-hydrogen) atoms. The molecule has 0 unspecified atom stereocenters. The van der Waals surface area contributed by atoms with Crippen molar-refractivity contribution >= 4 is 0 Å². The molecule has 0 aromatic carbocycles. The van der Waals surface area contributed by atoms with Crippen molar-refractivity contribution in [3.63, 3.8) is 0 Å². The van der Waals surface area contributed by atoms with Crippen molar-refractivity contribution in [3.05, 3.63) is 5.92 Å². The van der Waals surface area contributed by atoms with Crippen LogP contribution in [-0.4, -0.2) is 6.54 Å². The highest BCUT2D eigenvalue weighted by Gasteiger charge is 2.02. The van der Waals surface area contributed by atoms with Gasteiger partial charge in [0.15, 0.2) is 0 Å². The Morgan fingerprint density at radius 3 is 2.00 bits per heavy atom. The highest BCUT2D eigenvalue weighted by atomic mass is 14.5. The molecule has 0 spiro atoms. The normalized spacial score (nSPS) is 11.1. The third-order valence-corrected chi connectivity index (χ3v) is 1.31. The first-order valence-corrected chi connectivity index (χ1v) is 2.71. The van der Waals surface area contributed by atoms with Crippen LogP contribution in [-0.2, 0) is 0 Å². The van der Waals surface area contributed by atoms with Gasteiger partial charge in [0, 0.05) is 0 Å². The van der Waals surface area contributed by atoms with E-state index in [-0.39, 0.29) is 0 Å². The Kier molecular flexibility index (Phi) is 3.01. The maximum Gasteiger partial charge on any atom is -0.00149 e. The fraction of sp³-hybridized carbons (Fsp3) is 0.833. The minimum Gasteiger partial charge on any atom is -0.330 e. The summed E-state index contributed by atoms with van der Waals surface area (Å²) in [5.41, 5.74) is 5.34. The summed E-state index contributed by atoms with van der Waals surface area (Å²) in [5.74, 6) is 2.03. The van der Waals surface area contributed by atoms with E-state index in [0.717, 1.165) is 6.54 Å².